The molecule has 1 unspecified atom stereocenters. The molecule has 0 bridgehead atoms. The Hall–Kier alpha value is -2.42. The number of fused-ring (bicyclic) bond motifs is 1. The average Bonchev–Trinajstić information content (AvgIpc) is 2.67. The van der Waals surface area contributed by atoms with Crippen LogP contribution in [0, 0.1) is 13.8 Å². The summed E-state index contributed by atoms with van der Waals surface area (Å²) in [4.78, 5) is 33.2. The number of alkyl halides is 3. The standard InChI is InChI=1S/C20H25F3N4O2/c1-5-25-6-8-26(9-7-25)18(28)14(4)27-16-11-13(3)12(2)10-15(16)24-17(19(27)29)20(21,22)23/h10-11,14H,5-9H2,1-4H3. The van der Waals surface area contributed by atoms with Crippen molar-refractivity contribution in [3.63, 3.8) is 0 Å². The van der Waals surface area contributed by atoms with Gasteiger partial charge in [0.15, 0.2) is 0 Å². The van der Waals surface area contributed by atoms with Crippen molar-refractivity contribution in [3.8, 4) is 0 Å². The van der Waals surface area contributed by atoms with Crippen molar-refractivity contribution in [2.45, 2.75) is 39.9 Å². The molecule has 1 aliphatic rings. The number of piperazine rings is 1. The number of hydrogen-bond donors (Lipinski definition) is 0. The lowest BCUT2D eigenvalue weighted by molar-refractivity contribution is -0.143. The number of benzene rings is 1. The first-order valence-corrected chi connectivity index (χ1v) is 9.66. The van der Waals surface area contributed by atoms with Crippen LogP contribution in [0.4, 0.5) is 13.2 Å². The minimum atomic E-state index is -4.90. The third kappa shape index (κ3) is 4.01. The van der Waals surface area contributed by atoms with Gasteiger partial charge >= 0.3 is 6.18 Å². The molecule has 1 aliphatic heterocycles. The zero-order valence-corrected chi connectivity index (χ0v) is 17.0. The maximum absolute atomic E-state index is 13.5. The van der Waals surface area contributed by atoms with Crippen molar-refractivity contribution >= 4 is 16.9 Å². The molecule has 1 saturated heterocycles. The molecule has 1 aromatic heterocycles. The van der Waals surface area contributed by atoms with Crippen molar-refractivity contribution in [3.05, 3.63) is 39.3 Å². The molecule has 29 heavy (non-hydrogen) atoms. The van der Waals surface area contributed by atoms with E-state index in [1.165, 1.54) is 13.0 Å². The maximum atomic E-state index is 13.5. The van der Waals surface area contributed by atoms with Gasteiger partial charge in [-0.25, -0.2) is 4.98 Å². The number of carbonyl (C=O) groups is 1. The van der Waals surface area contributed by atoms with E-state index in [0.717, 1.165) is 22.2 Å². The Kier molecular flexibility index (Phi) is 5.71. The highest BCUT2D eigenvalue weighted by Crippen LogP contribution is 2.28. The summed E-state index contributed by atoms with van der Waals surface area (Å²) < 4.78 is 41.3. The Morgan fingerprint density at radius 2 is 1.72 bits per heavy atom. The van der Waals surface area contributed by atoms with Gasteiger partial charge in [0.2, 0.25) is 11.6 Å². The van der Waals surface area contributed by atoms with Crippen molar-refractivity contribution in [1.29, 1.82) is 0 Å². The third-order valence-corrected chi connectivity index (χ3v) is 5.65. The SMILES string of the molecule is CCN1CCN(C(=O)C(C)n2c(=O)c(C(F)(F)F)nc3cc(C)c(C)cc32)CC1. The van der Waals surface area contributed by atoms with E-state index in [2.05, 4.69) is 9.88 Å². The van der Waals surface area contributed by atoms with Gasteiger partial charge in [-0.1, -0.05) is 6.92 Å². The van der Waals surface area contributed by atoms with Gasteiger partial charge in [0.1, 0.15) is 6.04 Å². The number of halogens is 3. The summed E-state index contributed by atoms with van der Waals surface area (Å²) in [6.07, 6.45) is -4.90. The summed E-state index contributed by atoms with van der Waals surface area (Å²) in [6.45, 7) is 10.3. The Balaban J connectivity index is 2.11. The molecule has 0 radical (unpaired) electrons. The first-order valence-electron chi connectivity index (χ1n) is 9.66. The minimum absolute atomic E-state index is 0.0514. The molecular weight excluding hydrogens is 385 g/mol. The molecule has 0 N–H and O–H groups in total. The van der Waals surface area contributed by atoms with Gasteiger partial charge in [0.05, 0.1) is 11.0 Å². The largest absolute Gasteiger partial charge is 0.438 e. The molecule has 0 saturated carbocycles. The molecule has 1 atom stereocenters. The van der Waals surface area contributed by atoms with E-state index in [0.29, 0.717) is 26.2 Å². The smallest absolute Gasteiger partial charge is 0.338 e. The van der Waals surface area contributed by atoms with E-state index in [1.807, 2.05) is 6.92 Å². The van der Waals surface area contributed by atoms with Crippen LogP contribution < -0.4 is 5.56 Å². The van der Waals surface area contributed by atoms with E-state index >= 15 is 0 Å². The molecule has 2 aromatic rings. The fraction of sp³-hybridized carbons (Fsp3) is 0.550. The fourth-order valence-electron chi connectivity index (χ4n) is 3.69. The van der Waals surface area contributed by atoms with E-state index in [9.17, 15) is 22.8 Å². The summed E-state index contributed by atoms with van der Waals surface area (Å²) in [5, 5.41) is 0. The van der Waals surface area contributed by atoms with Crippen molar-refractivity contribution in [2.75, 3.05) is 32.7 Å². The average molecular weight is 410 g/mol. The lowest BCUT2D eigenvalue weighted by atomic mass is 10.1. The molecule has 3 rings (SSSR count). The number of likely N-dealkylation sites (N-methyl/N-ethyl adjacent to an activating group) is 1. The van der Waals surface area contributed by atoms with Crippen molar-refractivity contribution in [1.82, 2.24) is 19.4 Å². The number of carbonyl (C=O) groups excluding carboxylic acids is 1. The molecule has 1 aromatic carbocycles. The number of amides is 1. The molecule has 1 amide bonds. The van der Waals surface area contributed by atoms with Gasteiger partial charge in [-0.05, 0) is 50.6 Å². The zero-order chi connectivity index (χ0) is 21.5. The normalized spacial score (nSPS) is 17.0. The summed E-state index contributed by atoms with van der Waals surface area (Å²) in [5.41, 5.74) is -0.930. The van der Waals surface area contributed by atoms with Gasteiger partial charge in [0, 0.05) is 26.2 Å². The van der Waals surface area contributed by atoms with Crippen LogP contribution in [0.3, 0.4) is 0 Å². The number of hydrogen-bond acceptors (Lipinski definition) is 4. The first-order chi connectivity index (χ1) is 13.5. The van der Waals surface area contributed by atoms with E-state index in [-0.39, 0.29) is 16.9 Å². The van der Waals surface area contributed by atoms with Crippen LogP contribution in [0.5, 0.6) is 0 Å². The third-order valence-electron chi connectivity index (χ3n) is 5.65. The molecule has 0 aliphatic carbocycles. The number of aromatic nitrogens is 2. The zero-order valence-electron chi connectivity index (χ0n) is 17.0. The Bertz CT molecular complexity index is 992. The molecular formula is C20H25F3N4O2. The lowest BCUT2D eigenvalue weighted by Gasteiger charge is -2.35. The topological polar surface area (TPSA) is 58.4 Å². The number of nitrogens with zero attached hydrogens (tertiary/aromatic N) is 4. The summed E-state index contributed by atoms with van der Waals surface area (Å²) in [6, 6.07) is 2.08. The summed E-state index contributed by atoms with van der Waals surface area (Å²) in [5.74, 6) is -0.360. The van der Waals surface area contributed by atoms with Crippen molar-refractivity contribution in [2.24, 2.45) is 0 Å². The van der Waals surface area contributed by atoms with Crippen LogP contribution in [0.15, 0.2) is 16.9 Å². The quantitative estimate of drug-likeness (QED) is 0.781. The fourth-order valence-corrected chi connectivity index (χ4v) is 3.69. The van der Waals surface area contributed by atoms with Gasteiger partial charge in [-0.2, -0.15) is 13.2 Å². The highest BCUT2D eigenvalue weighted by atomic mass is 19.4. The first kappa shape index (κ1) is 21.3. The van der Waals surface area contributed by atoms with E-state index in [4.69, 9.17) is 0 Å². The molecule has 0 spiro atoms. The predicted molar refractivity (Wildman–Crippen MR) is 104 cm³/mol. The van der Waals surface area contributed by atoms with Gasteiger partial charge in [-0.3, -0.25) is 14.2 Å². The summed E-state index contributed by atoms with van der Waals surface area (Å²) >= 11 is 0. The predicted octanol–water partition coefficient (Wildman–Crippen LogP) is 2.76. The van der Waals surface area contributed by atoms with Gasteiger partial charge in [0.25, 0.3) is 5.56 Å². The highest BCUT2D eigenvalue weighted by Gasteiger charge is 2.39. The van der Waals surface area contributed by atoms with Gasteiger partial charge in [-0.15, -0.1) is 0 Å². The molecule has 158 valence electrons. The second-order valence-electron chi connectivity index (χ2n) is 7.49. The van der Waals surface area contributed by atoms with Crippen LogP contribution in [0.25, 0.3) is 11.0 Å². The Morgan fingerprint density at radius 3 is 2.28 bits per heavy atom. The second kappa shape index (κ2) is 7.78. The van der Waals surface area contributed by atoms with Crippen LogP contribution in [-0.2, 0) is 11.0 Å². The summed E-state index contributed by atoms with van der Waals surface area (Å²) in [7, 11) is 0. The van der Waals surface area contributed by atoms with Crippen LogP contribution >= 0.6 is 0 Å². The van der Waals surface area contributed by atoms with Gasteiger partial charge < -0.3 is 9.80 Å². The highest BCUT2D eigenvalue weighted by molar-refractivity contribution is 5.84. The Morgan fingerprint density at radius 1 is 1.14 bits per heavy atom. The Labute approximate surface area is 166 Å². The maximum Gasteiger partial charge on any atom is 0.438 e. The second-order valence-corrected chi connectivity index (χ2v) is 7.49. The van der Waals surface area contributed by atoms with E-state index in [1.54, 1.807) is 24.8 Å². The van der Waals surface area contributed by atoms with Crippen LogP contribution in [0.1, 0.15) is 36.7 Å². The molecule has 1 fully saturated rings. The van der Waals surface area contributed by atoms with Crippen LogP contribution in [0.2, 0.25) is 0 Å². The molecule has 2 heterocycles. The van der Waals surface area contributed by atoms with Crippen molar-refractivity contribution < 1.29 is 18.0 Å². The number of rotatable bonds is 3. The van der Waals surface area contributed by atoms with E-state index < -0.39 is 23.5 Å². The number of aryl methyl sites for hydroxylation is 2. The minimum Gasteiger partial charge on any atom is -0.338 e. The monoisotopic (exact) mass is 410 g/mol. The lowest BCUT2D eigenvalue weighted by Crippen LogP contribution is -2.51. The molecule has 9 heteroatoms. The molecule has 6 nitrogen and oxygen atoms in total. The van der Waals surface area contributed by atoms with Crippen LogP contribution in [-0.4, -0.2) is 58.0 Å².